The predicted octanol–water partition coefficient (Wildman–Crippen LogP) is 1.57. The van der Waals surface area contributed by atoms with E-state index in [0.29, 0.717) is 0 Å². The molecule has 0 amide bonds. The summed E-state index contributed by atoms with van der Waals surface area (Å²) < 4.78 is 11.5. The zero-order valence-electron chi connectivity index (χ0n) is 12.8. The van der Waals surface area contributed by atoms with Gasteiger partial charge in [-0.2, -0.15) is 0 Å². The minimum atomic E-state index is -0.591. The Morgan fingerprint density at radius 1 is 1.38 bits per heavy atom. The van der Waals surface area contributed by atoms with Crippen LogP contribution in [0.25, 0.3) is 0 Å². The van der Waals surface area contributed by atoms with Crippen molar-refractivity contribution in [2.45, 2.75) is 38.5 Å². The Morgan fingerprint density at radius 3 is 2.90 bits per heavy atom. The second-order valence-electron chi connectivity index (χ2n) is 6.50. The second kappa shape index (κ2) is 5.22. The third-order valence-corrected chi connectivity index (χ3v) is 3.70. The van der Waals surface area contributed by atoms with Gasteiger partial charge in [0.05, 0.1) is 11.7 Å². The van der Waals surface area contributed by atoms with E-state index in [9.17, 15) is 4.79 Å². The van der Waals surface area contributed by atoms with Gasteiger partial charge in [0.25, 0.3) is 0 Å². The number of carbonyl (C=O) groups is 1. The monoisotopic (exact) mass is 290 g/mol. The van der Waals surface area contributed by atoms with Gasteiger partial charge in [-0.25, -0.2) is 4.79 Å². The van der Waals surface area contributed by atoms with Crippen LogP contribution in [0.1, 0.15) is 20.8 Å². The summed E-state index contributed by atoms with van der Waals surface area (Å²) in [6, 6.07) is 7.84. The van der Waals surface area contributed by atoms with Gasteiger partial charge in [0.15, 0.2) is 0 Å². The molecule has 0 aromatic heterocycles. The highest BCUT2D eigenvalue weighted by atomic mass is 16.6. The SMILES string of the molecule is CC(C)(C)OC(=O)C1Oc2ccccc2N2CCNCC12. The largest absolute Gasteiger partial charge is 0.474 e. The van der Waals surface area contributed by atoms with Crippen molar-refractivity contribution in [1.29, 1.82) is 0 Å². The molecule has 2 atom stereocenters. The molecule has 0 aliphatic carbocycles. The number of ether oxygens (including phenoxy) is 2. The van der Waals surface area contributed by atoms with Gasteiger partial charge in [0, 0.05) is 19.6 Å². The second-order valence-corrected chi connectivity index (χ2v) is 6.50. The third kappa shape index (κ3) is 2.83. The maximum Gasteiger partial charge on any atom is 0.350 e. The van der Waals surface area contributed by atoms with Gasteiger partial charge in [0.2, 0.25) is 6.10 Å². The zero-order valence-corrected chi connectivity index (χ0v) is 12.8. The molecule has 1 fully saturated rings. The zero-order chi connectivity index (χ0) is 15.0. The van der Waals surface area contributed by atoms with Gasteiger partial charge >= 0.3 is 5.97 Å². The predicted molar refractivity (Wildman–Crippen MR) is 80.7 cm³/mol. The van der Waals surface area contributed by atoms with E-state index < -0.39 is 11.7 Å². The van der Waals surface area contributed by atoms with E-state index in [0.717, 1.165) is 31.1 Å². The van der Waals surface area contributed by atoms with Crippen LogP contribution in [-0.2, 0) is 9.53 Å². The summed E-state index contributed by atoms with van der Waals surface area (Å²) in [6.45, 7) is 8.12. The molecule has 2 aliphatic heterocycles. The number of rotatable bonds is 1. The highest BCUT2D eigenvalue weighted by Gasteiger charge is 2.43. The van der Waals surface area contributed by atoms with Crippen LogP contribution in [0.4, 0.5) is 5.69 Å². The van der Waals surface area contributed by atoms with Crippen molar-refractivity contribution >= 4 is 11.7 Å². The molecular formula is C16H22N2O3. The number of carbonyl (C=O) groups excluding carboxylic acids is 1. The van der Waals surface area contributed by atoms with Gasteiger partial charge in [-0.05, 0) is 32.9 Å². The fourth-order valence-corrected chi connectivity index (χ4v) is 2.87. The van der Waals surface area contributed by atoms with Crippen LogP contribution in [0.5, 0.6) is 5.75 Å². The van der Waals surface area contributed by atoms with Crippen LogP contribution >= 0.6 is 0 Å². The quantitative estimate of drug-likeness (QED) is 0.796. The van der Waals surface area contributed by atoms with E-state index in [4.69, 9.17) is 9.47 Å². The molecule has 2 heterocycles. The number of piperazine rings is 1. The molecule has 1 saturated heterocycles. The van der Waals surface area contributed by atoms with Crippen molar-refractivity contribution in [3.05, 3.63) is 24.3 Å². The molecule has 2 unspecified atom stereocenters. The molecule has 0 saturated carbocycles. The van der Waals surface area contributed by atoms with Crippen LogP contribution in [0.15, 0.2) is 24.3 Å². The number of hydrogen-bond acceptors (Lipinski definition) is 5. The van der Waals surface area contributed by atoms with Crippen LogP contribution in [0.2, 0.25) is 0 Å². The van der Waals surface area contributed by atoms with Crippen LogP contribution < -0.4 is 15.0 Å². The summed E-state index contributed by atoms with van der Waals surface area (Å²) in [4.78, 5) is 14.7. The fraction of sp³-hybridized carbons (Fsp3) is 0.562. The Morgan fingerprint density at radius 2 is 2.14 bits per heavy atom. The number of benzene rings is 1. The minimum Gasteiger partial charge on any atom is -0.474 e. The maximum absolute atomic E-state index is 12.5. The molecule has 1 N–H and O–H groups in total. The van der Waals surface area contributed by atoms with Crippen LogP contribution in [-0.4, -0.2) is 43.4 Å². The van der Waals surface area contributed by atoms with Crippen LogP contribution in [0.3, 0.4) is 0 Å². The number of esters is 1. The Balaban J connectivity index is 1.90. The number of nitrogens with one attached hydrogen (secondary N) is 1. The molecule has 0 spiro atoms. The van der Waals surface area contributed by atoms with Crippen LogP contribution in [0, 0.1) is 0 Å². The van der Waals surface area contributed by atoms with Crippen molar-refractivity contribution < 1.29 is 14.3 Å². The molecule has 0 radical (unpaired) electrons. The van der Waals surface area contributed by atoms with E-state index in [1.165, 1.54) is 0 Å². The van der Waals surface area contributed by atoms with Crippen molar-refractivity contribution in [2.24, 2.45) is 0 Å². The van der Waals surface area contributed by atoms with Crippen molar-refractivity contribution in [1.82, 2.24) is 5.32 Å². The highest BCUT2D eigenvalue weighted by Crippen LogP contribution is 2.37. The van der Waals surface area contributed by atoms with E-state index in [-0.39, 0.29) is 12.0 Å². The molecule has 3 rings (SSSR count). The Kier molecular flexibility index (Phi) is 3.53. The Bertz CT molecular complexity index is 539. The van der Waals surface area contributed by atoms with Gasteiger partial charge in [0.1, 0.15) is 11.4 Å². The molecule has 21 heavy (non-hydrogen) atoms. The first-order valence-corrected chi connectivity index (χ1v) is 7.41. The molecule has 5 nitrogen and oxygen atoms in total. The normalized spacial score (nSPS) is 24.6. The van der Waals surface area contributed by atoms with Crippen molar-refractivity contribution in [3.63, 3.8) is 0 Å². The molecule has 1 aromatic rings. The average Bonchev–Trinajstić information content (AvgIpc) is 2.44. The lowest BCUT2D eigenvalue weighted by Crippen LogP contribution is -2.62. The number of hydrogen-bond donors (Lipinski definition) is 1. The molecule has 0 bridgehead atoms. The van der Waals surface area contributed by atoms with E-state index in [2.05, 4.69) is 10.2 Å². The lowest BCUT2D eigenvalue weighted by molar-refractivity contribution is -0.165. The molecule has 2 aliphatic rings. The average molecular weight is 290 g/mol. The van der Waals surface area contributed by atoms with E-state index >= 15 is 0 Å². The smallest absolute Gasteiger partial charge is 0.350 e. The highest BCUT2D eigenvalue weighted by molar-refractivity contribution is 5.79. The number of para-hydroxylation sites is 2. The van der Waals surface area contributed by atoms with Gasteiger partial charge in [-0.1, -0.05) is 12.1 Å². The van der Waals surface area contributed by atoms with Gasteiger partial charge in [-0.3, -0.25) is 0 Å². The van der Waals surface area contributed by atoms with E-state index in [1.807, 2.05) is 45.0 Å². The lowest BCUT2D eigenvalue weighted by Gasteiger charge is -2.45. The Hall–Kier alpha value is -1.75. The Labute approximate surface area is 125 Å². The summed E-state index contributed by atoms with van der Waals surface area (Å²) in [5.74, 6) is 0.460. The molecular weight excluding hydrogens is 268 g/mol. The summed E-state index contributed by atoms with van der Waals surface area (Å²) in [6.07, 6.45) is -0.591. The maximum atomic E-state index is 12.5. The molecule has 114 valence electrons. The standard InChI is InChI=1S/C16H22N2O3/c1-16(2,3)21-15(19)14-12-10-17-8-9-18(12)11-6-4-5-7-13(11)20-14/h4-7,12,14,17H,8-10H2,1-3H3. The first kappa shape index (κ1) is 14.2. The number of nitrogens with zero attached hydrogens (tertiary/aromatic N) is 1. The number of fused-ring (bicyclic) bond motifs is 3. The first-order valence-electron chi connectivity index (χ1n) is 7.41. The summed E-state index contributed by atoms with van der Waals surface area (Å²) >= 11 is 0. The van der Waals surface area contributed by atoms with Crippen molar-refractivity contribution in [2.75, 3.05) is 24.5 Å². The van der Waals surface area contributed by atoms with E-state index in [1.54, 1.807) is 0 Å². The fourth-order valence-electron chi connectivity index (χ4n) is 2.87. The van der Waals surface area contributed by atoms with Gasteiger partial charge < -0.3 is 19.7 Å². The molecule has 1 aromatic carbocycles. The number of anilines is 1. The first-order chi connectivity index (χ1) is 9.96. The summed E-state index contributed by atoms with van der Waals surface area (Å²) in [5.41, 5.74) is 0.549. The van der Waals surface area contributed by atoms with Crippen molar-refractivity contribution in [3.8, 4) is 5.75 Å². The minimum absolute atomic E-state index is 0.0245. The third-order valence-electron chi connectivity index (χ3n) is 3.70. The molecule has 5 heteroatoms. The summed E-state index contributed by atoms with van der Waals surface area (Å²) in [5, 5.41) is 3.33. The topological polar surface area (TPSA) is 50.8 Å². The summed E-state index contributed by atoms with van der Waals surface area (Å²) in [7, 11) is 0. The lowest BCUT2D eigenvalue weighted by atomic mass is 10.0. The van der Waals surface area contributed by atoms with Gasteiger partial charge in [-0.15, -0.1) is 0 Å².